The average molecular weight is 399 g/mol. The molecule has 0 aliphatic heterocycles. The Kier molecular flexibility index (Phi) is 6.25. The van der Waals surface area contributed by atoms with Crippen molar-refractivity contribution in [1.82, 2.24) is 15.2 Å². The van der Waals surface area contributed by atoms with Gasteiger partial charge < -0.3 is 16.2 Å². The van der Waals surface area contributed by atoms with Crippen molar-refractivity contribution < 1.29 is 23.5 Å². The minimum atomic E-state index is -1.20. The number of carboxylic acid groups (broad SMARTS) is 1. The quantitative estimate of drug-likeness (QED) is 0.615. The molecule has 8 nitrogen and oxygen atoms in total. The van der Waals surface area contributed by atoms with Crippen molar-refractivity contribution >= 4 is 45.2 Å². The van der Waals surface area contributed by atoms with E-state index in [0.717, 1.165) is 40.9 Å². The Morgan fingerprint density at radius 3 is 2.35 bits per heavy atom. The SMILES string of the molecule is Cc1nc(C(=O)O)c(Nc2cc(F)cc(F)c2)s1.NC(=O)c1nncs1. The van der Waals surface area contributed by atoms with Gasteiger partial charge in [0.05, 0.1) is 5.01 Å². The lowest BCUT2D eigenvalue weighted by molar-refractivity contribution is 0.0692. The second-order valence-corrected chi connectivity index (χ2v) is 6.64. The van der Waals surface area contributed by atoms with Crippen LogP contribution in [0.1, 0.15) is 25.3 Å². The van der Waals surface area contributed by atoms with Gasteiger partial charge in [-0.1, -0.05) is 11.3 Å². The molecule has 0 radical (unpaired) electrons. The first kappa shape index (κ1) is 19.3. The smallest absolute Gasteiger partial charge is 0.357 e. The molecular formula is C14H11F2N5O3S2. The number of benzene rings is 1. The minimum Gasteiger partial charge on any atom is -0.476 e. The molecule has 0 saturated heterocycles. The summed E-state index contributed by atoms with van der Waals surface area (Å²) in [5, 5.41) is 19.4. The van der Waals surface area contributed by atoms with E-state index in [2.05, 4.69) is 20.5 Å². The normalized spacial score (nSPS) is 9.96. The highest BCUT2D eigenvalue weighted by Crippen LogP contribution is 2.28. The van der Waals surface area contributed by atoms with Crippen LogP contribution in [0, 0.1) is 18.6 Å². The summed E-state index contributed by atoms with van der Waals surface area (Å²) in [6.45, 7) is 1.65. The number of primary amides is 1. The van der Waals surface area contributed by atoms with Crippen LogP contribution in [0.15, 0.2) is 23.7 Å². The van der Waals surface area contributed by atoms with Crippen LogP contribution < -0.4 is 11.1 Å². The predicted molar refractivity (Wildman–Crippen MR) is 91.9 cm³/mol. The summed E-state index contributed by atoms with van der Waals surface area (Å²) in [6, 6.07) is 2.88. The van der Waals surface area contributed by atoms with E-state index in [4.69, 9.17) is 10.8 Å². The minimum absolute atomic E-state index is 0.138. The van der Waals surface area contributed by atoms with E-state index in [0.29, 0.717) is 5.01 Å². The molecule has 0 fully saturated rings. The number of aromatic nitrogens is 3. The van der Waals surface area contributed by atoms with E-state index in [1.54, 1.807) is 6.92 Å². The number of nitrogens with two attached hydrogens (primary N) is 1. The van der Waals surface area contributed by atoms with E-state index in [1.807, 2.05) is 0 Å². The Bertz CT molecular complexity index is 911. The number of thiazole rings is 1. The molecule has 12 heteroatoms. The Labute approximate surface area is 153 Å². The van der Waals surface area contributed by atoms with Gasteiger partial charge in [-0.05, 0) is 19.1 Å². The van der Waals surface area contributed by atoms with Gasteiger partial charge in [0.25, 0.3) is 5.91 Å². The largest absolute Gasteiger partial charge is 0.476 e. The first-order chi connectivity index (χ1) is 12.3. The van der Waals surface area contributed by atoms with E-state index in [-0.39, 0.29) is 21.4 Å². The number of nitrogens with one attached hydrogen (secondary N) is 1. The molecule has 0 aliphatic carbocycles. The number of nitrogens with zero attached hydrogens (tertiary/aromatic N) is 3. The molecule has 2 heterocycles. The molecule has 0 saturated carbocycles. The average Bonchev–Trinajstić information content (AvgIpc) is 3.16. The van der Waals surface area contributed by atoms with Gasteiger partial charge in [-0.2, -0.15) is 0 Å². The van der Waals surface area contributed by atoms with Gasteiger partial charge in [-0.25, -0.2) is 18.6 Å². The van der Waals surface area contributed by atoms with Crippen molar-refractivity contribution in [2.24, 2.45) is 5.73 Å². The molecule has 0 spiro atoms. The number of amides is 1. The Balaban J connectivity index is 0.000000254. The van der Waals surface area contributed by atoms with Crippen LogP contribution >= 0.6 is 22.7 Å². The second-order valence-electron chi connectivity index (χ2n) is 4.61. The lowest BCUT2D eigenvalue weighted by Gasteiger charge is -2.04. The van der Waals surface area contributed by atoms with Crippen LogP contribution in [0.2, 0.25) is 0 Å². The van der Waals surface area contributed by atoms with Gasteiger partial charge in [0.2, 0.25) is 5.01 Å². The van der Waals surface area contributed by atoms with Crippen molar-refractivity contribution in [3.8, 4) is 0 Å². The first-order valence-corrected chi connectivity index (χ1v) is 8.45. The molecular weight excluding hydrogens is 388 g/mol. The van der Waals surface area contributed by atoms with E-state index in [9.17, 15) is 18.4 Å². The number of rotatable bonds is 4. The standard InChI is InChI=1S/C11H8F2N2O2S.C3H3N3OS/c1-5-14-9(11(16)17)10(18-5)15-8-3-6(12)2-7(13)4-8;4-2(7)3-6-5-1-8-3/h2-4,15H,1H3,(H,16,17);1H,(H2,4,7). The molecule has 0 atom stereocenters. The lowest BCUT2D eigenvalue weighted by Crippen LogP contribution is -2.10. The molecule has 1 aromatic carbocycles. The zero-order valence-electron chi connectivity index (χ0n) is 13.1. The van der Waals surface area contributed by atoms with Gasteiger partial charge in [0, 0.05) is 11.8 Å². The van der Waals surface area contributed by atoms with Crippen LogP contribution in [0.4, 0.5) is 19.5 Å². The third-order valence-corrected chi connectivity index (χ3v) is 4.22. The topological polar surface area (TPSA) is 131 Å². The predicted octanol–water partition coefficient (Wildman–Crippen LogP) is 2.81. The van der Waals surface area contributed by atoms with Crippen LogP contribution in [0.3, 0.4) is 0 Å². The van der Waals surface area contributed by atoms with Crippen LogP contribution in [-0.4, -0.2) is 32.2 Å². The summed E-state index contributed by atoms with van der Waals surface area (Å²) >= 11 is 2.24. The molecule has 0 bridgehead atoms. The van der Waals surface area contributed by atoms with Crippen molar-refractivity contribution in [1.29, 1.82) is 0 Å². The van der Waals surface area contributed by atoms with Gasteiger partial charge in [-0.15, -0.1) is 21.5 Å². The molecule has 0 aliphatic rings. The maximum atomic E-state index is 13.0. The van der Waals surface area contributed by atoms with E-state index >= 15 is 0 Å². The van der Waals surface area contributed by atoms with Gasteiger partial charge in [-0.3, -0.25) is 4.79 Å². The summed E-state index contributed by atoms with van der Waals surface area (Å²) in [5.74, 6) is -3.20. The van der Waals surface area contributed by atoms with E-state index < -0.39 is 23.5 Å². The molecule has 0 unspecified atom stereocenters. The number of hydrogen-bond acceptors (Lipinski definition) is 8. The zero-order valence-corrected chi connectivity index (χ0v) is 14.7. The van der Waals surface area contributed by atoms with Crippen molar-refractivity contribution in [2.75, 3.05) is 5.32 Å². The molecule has 4 N–H and O–H groups in total. The Hall–Kier alpha value is -2.99. The fourth-order valence-corrected chi connectivity index (χ4v) is 2.93. The number of carbonyl (C=O) groups excluding carboxylic acids is 1. The Morgan fingerprint density at radius 1 is 1.23 bits per heavy atom. The number of aryl methyl sites for hydroxylation is 1. The molecule has 1 amide bonds. The highest BCUT2D eigenvalue weighted by Gasteiger charge is 2.16. The van der Waals surface area contributed by atoms with Crippen LogP contribution in [0.25, 0.3) is 0 Å². The van der Waals surface area contributed by atoms with E-state index in [1.165, 1.54) is 5.51 Å². The molecule has 26 heavy (non-hydrogen) atoms. The third-order valence-electron chi connectivity index (χ3n) is 2.63. The summed E-state index contributed by atoms with van der Waals surface area (Å²) in [4.78, 5) is 24.9. The van der Waals surface area contributed by atoms with Crippen LogP contribution in [0.5, 0.6) is 0 Å². The molecule has 3 aromatic rings. The van der Waals surface area contributed by atoms with Gasteiger partial charge in [0.1, 0.15) is 22.1 Å². The number of carboxylic acids is 1. The molecule has 136 valence electrons. The molecule has 3 rings (SSSR count). The number of anilines is 2. The third kappa shape index (κ3) is 5.26. The van der Waals surface area contributed by atoms with Crippen molar-refractivity contribution in [2.45, 2.75) is 6.92 Å². The fourth-order valence-electron chi connectivity index (χ4n) is 1.69. The highest BCUT2D eigenvalue weighted by atomic mass is 32.1. The number of aromatic carboxylic acids is 1. The number of halogens is 2. The van der Waals surface area contributed by atoms with Crippen molar-refractivity contribution in [3.63, 3.8) is 0 Å². The Morgan fingerprint density at radius 2 is 1.88 bits per heavy atom. The fraction of sp³-hybridized carbons (Fsp3) is 0.0714. The molecule has 2 aromatic heterocycles. The van der Waals surface area contributed by atoms with Gasteiger partial charge >= 0.3 is 5.97 Å². The highest BCUT2D eigenvalue weighted by molar-refractivity contribution is 7.16. The zero-order chi connectivity index (χ0) is 19.3. The summed E-state index contributed by atoms with van der Waals surface area (Å²) in [6.07, 6.45) is 0. The summed E-state index contributed by atoms with van der Waals surface area (Å²) in [5.41, 5.74) is 6.26. The summed E-state index contributed by atoms with van der Waals surface area (Å²) < 4.78 is 26.0. The first-order valence-electron chi connectivity index (χ1n) is 6.76. The maximum Gasteiger partial charge on any atom is 0.357 e. The maximum absolute atomic E-state index is 13.0. The van der Waals surface area contributed by atoms with Gasteiger partial charge in [0.15, 0.2) is 5.69 Å². The number of hydrogen-bond donors (Lipinski definition) is 3. The lowest BCUT2D eigenvalue weighted by atomic mass is 10.3. The summed E-state index contributed by atoms with van der Waals surface area (Å²) in [7, 11) is 0. The second kappa shape index (κ2) is 8.40. The monoisotopic (exact) mass is 399 g/mol. The number of carbonyl (C=O) groups is 2. The van der Waals surface area contributed by atoms with Crippen molar-refractivity contribution in [3.05, 3.63) is 51.1 Å². The van der Waals surface area contributed by atoms with Crippen LogP contribution in [-0.2, 0) is 0 Å².